The molecule has 1 aliphatic heterocycles. The predicted molar refractivity (Wildman–Crippen MR) is 75.2 cm³/mol. The Kier molecular flexibility index (Phi) is 4.66. The van der Waals surface area contributed by atoms with Crippen LogP contribution in [0.2, 0.25) is 0 Å². The van der Waals surface area contributed by atoms with E-state index in [0.717, 1.165) is 15.8 Å². The van der Waals surface area contributed by atoms with E-state index in [2.05, 4.69) is 21.2 Å². The van der Waals surface area contributed by atoms with Crippen molar-refractivity contribution in [2.45, 2.75) is 25.9 Å². The van der Waals surface area contributed by atoms with Gasteiger partial charge in [-0.1, -0.05) is 0 Å². The van der Waals surface area contributed by atoms with Gasteiger partial charge in [-0.2, -0.15) is 0 Å². The van der Waals surface area contributed by atoms with Crippen LogP contribution in [0.3, 0.4) is 0 Å². The molecule has 0 aromatic heterocycles. The van der Waals surface area contributed by atoms with E-state index < -0.39 is 0 Å². The smallest absolute Gasteiger partial charge is 0.221 e. The second-order valence-electron chi connectivity index (χ2n) is 4.56. The van der Waals surface area contributed by atoms with Crippen LogP contribution in [0.5, 0.6) is 11.5 Å². The van der Waals surface area contributed by atoms with Gasteiger partial charge in [0, 0.05) is 19.0 Å². The molecule has 2 rings (SSSR count). The van der Waals surface area contributed by atoms with Gasteiger partial charge in [0.15, 0.2) is 11.5 Å². The van der Waals surface area contributed by atoms with Crippen molar-refractivity contribution in [1.29, 1.82) is 0 Å². The zero-order valence-corrected chi connectivity index (χ0v) is 12.3. The molecule has 6 heteroatoms. The summed E-state index contributed by atoms with van der Waals surface area (Å²) in [6.07, 6.45) is 0.325. The molecule has 0 radical (unpaired) electrons. The molecule has 1 atom stereocenters. The monoisotopic (exact) mass is 328 g/mol. The standard InChI is InChI=1S/C13H17BrN2O3/c1-8(15)4-12(17)16-7-9-5-10(14)13-11(6-9)18-2-3-19-13/h5-6,8H,2-4,7,15H2,1H3,(H,16,17). The predicted octanol–water partition coefficient (Wildman–Crippen LogP) is 1.57. The Labute approximate surface area is 120 Å². The number of fused-ring (bicyclic) bond motifs is 1. The fraction of sp³-hybridized carbons (Fsp3) is 0.462. The lowest BCUT2D eigenvalue weighted by molar-refractivity contribution is -0.121. The molecule has 1 heterocycles. The maximum absolute atomic E-state index is 11.5. The van der Waals surface area contributed by atoms with E-state index >= 15 is 0 Å². The Hall–Kier alpha value is -1.27. The summed E-state index contributed by atoms with van der Waals surface area (Å²) in [4.78, 5) is 11.5. The first kappa shape index (κ1) is 14.1. The molecule has 1 aliphatic rings. The third-order valence-electron chi connectivity index (χ3n) is 2.65. The normalized spacial score (nSPS) is 14.9. The average Bonchev–Trinajstić information content (AvgIpc) is 2.36. The van der Waals surface area contributed by atoms with Gasteiger partial charge in [0.1, 0.15) is 13.2 Å². The number of hydrogen-bond acceptors (Lipinski definition) is 4. The molecule has 0 fully saturated rings. The van der Waals surface area contributed by atoms with Crippen LogP contribution in [0.25, 0.3) is 0 Å². The second kappa shape index (κ2) is 6.25. The largest absolute Gasteiger partial charge is 0.486 e. The van der Waals surface area contributed by atoms with Gasteiger partial charge < -0.3 is 20.5 Å². The van der Waals surface area contributed by atoms with Crippen LogP contribution in [0.1, 0.15) is 18.9 Å². The Morgan fingerprint density at radius 1 is 1.47 bits per heavy atom. The first-order valence-electron chi connectivity index (χ1n) is 6.16. The van der Waals surface area contributed by atoms with E-state index in [9.17, 15) is 4.79 Å². The lowest BCUT2D eigenvalue weighted by atomic mass is 10.2. The van der Waals surface area contributed by atoms with Gasteiger partial charge in [0.25, 0.3) is 0 Å². The SMILES string of the molecule is CC(N)CC(=O)NCc1cc(Br)c2c(c1)OCCO2. The van der Waals surface area contributed by atoms with Gasteiger partial charge in [0.2, 0.25) is 5.91 Å². The molecular weight excluding hydrogens is 312 g/mol. The number of halogens is 1. The lowest BCUT2D eigenvalue weighted by Crippen LogP contribution is -2.29. The molecule has 19 heavy (non-hydrogen) atoms. The van der Waals surface area contributed by atoms with E-state index in [1.807, 2.05) is 12.1 Å². The second-order valence-corrected chi connectivity index (χ2v) is 5.41. The highest BCUT2D eigenvalue weighted by Gasteiger charge is 2.16. The number of carbonyl (C=O) groups excluding carboxylic acids is 1. The number of ether oxygens (including phenoxy) is 2. The number of nitrogens with two attached hydrogens (primary N) is 1. The molecule has 0 saturated heterocycles. The van der Waals surface area contributed by atoms with Gasteiger partial charge in [-0.3, -0.25) is 4.79 Å². The van der Waals surface area contributed by atoms with Crippen molar-refractivity contribution in [3.8, 4) is 11.5 Å². The number of amides is 1. The van der Waals surface area contributed by atoms with Crippen molar-refractivity contribution in [3.63, 3.8) is 0 Å². The molecule has 5 nitrogen and oxygen atoms in total. The minimum absolute atomic E-state index is 0.0546. The van der Waals surface area contributed by atoms with Gasteiger partial charge in [-0.15, -0.1) is 0 Å². The molecule has 1 amide bonds. The van der Waals surface area contributed by atoms with Gasteiger partial charge in [0.05, 0.1) is 4.47 Å². The quantitative estimate of drug-likeness (QED) is 0.880. The van der Waals surface area contributed by atoms with Crippen LogP contribution in [-0.4, -0.2) is 25.2 Å². The van der Waals surface area contributed by atoms with Gasteiger partial charge in [-0.25, -0.2) is 0 Å². The summed E-state index contributed by atoms with van der Waals surface area (Å²) >= 11 is 3.44. The third kappa shape index (κ3) is 3.84. The number of benzene rings is 1. The van der Waals surface area contributed by atoms with Crippen molar-refractivity contribution in [2.24, 2.45) is 5.73 Å². The number of hydrogen-bond donors (Lipinski definition) is 2. The van der Waals surface area contributed by atoms with Crippen molar-refractivity contribution in [2.75, 3.05) is 13.2 Å². The first-order chi connectivity index (χ1) is 9.06. The first-order valence-corrected chi connectivity index (χ1v) is 6.96. The molecule has 1 aromatic carbocycles. The van der Waals surface area contributed by atoms with E-state index in [4.69, 9.17) is 15.2 Å². The molecule has 0 bridgehead atoms. The third-order valence-corrected chi connectivity index (χ3v) is 3.24. The molecule has 0 saturated carbocycles. The molecule has 1 aromatic rings. The molecular formula is C13H17BrN2O3. The molecule has 1 unspecified atom stereocenters. The Bertz CT molecular complexity index is 477. The van der Waals surface area contributed by atoms with Gasteiger partial charge in [-0.05, 0) is 40.5 Å². The summed E-state index contributed by atoms with van der Waals surface area (Å²) in [7, 11) is 0. The highest BCUT2D eigenvalue weighted by molar-refractivity contribution is 9.10. The maximum atomic E-state index is 11.5. The van der Waals surface area contributed by atoms with Crippen LogP contribution in [0, 0.1) is 0 Å². The summed E-state index contributed by atoms with van der Waals surface area (Å²) in [5.41, 5.74) is 6.53. The minimum atomic E-state index is -0.132. The highest BCUT2D eigenvalue weighted by atomic mass is 79.9. The van der Waals surface area contributed by atoms with Crippen LogP contribution >= 0.6 is 15.9 Å². The van der Waals surface area contributed by atoms with Crippen molar-refractivity contribution < 1.29 is 14.3 Å². The van der Waals surface area contributed by atoms with Crippen molar-refractivity contribution in [1.82, 2.24) is 5.32 Å². The van der Waals surface area contributed by atoms with E-state index in [1.165, 1.54) is 0 Å². The molecule has 0 spiro atoms. The van der Waals surface area contributed by atoms with Crippen LogP contribution < -0.4 is 20.5 Å². The number of nitrogens with one attached hydrogen (secondary N) is 1. The molecule has 3 N–H and O–H groups in total. The van der Waals surface area contributed by atoms with E-state index in [0.29, 0.717) is 31.9 Å². The zero-order valence-electron chi connectivity index (χ0n) is 10.7. The summed E-state index contributed by atoms with van der Waals surface area (Å²) in [5.74, 6) is 1.37. The summed E-state index contributed by atoms with van der Waals surface area (Å²) < 4.78 is 11.9. The van der Waals surface area contributed by atoms with E-state index in [-0.39, 0.29) is 11.9 Å². The Morgan fingerprint density at radius 3 is 2.95 bits per heavy atom. The number of carbonyl (C=O) groups is 1. The Balaban J connectivity index is 2.01. The fourth-order valence-electron chi connectivity index (χ4n) is 1.83. The summed E-state index contributed by atoms with van der Waals surface area (Å²) in [6, 6.07) is 3.66. The fourth-order valence-corrected chi connectivity index (χ4v) is 2.44. The van der Waals surface area contributed by atoms with Crippen LogP contribution in [-0.2, 0) is 11.3 Å². The van der Waals surface area contributed by atoms with Crippen molar-refractivity contribution in [3.05, 3.63) is 22.2 Å². The Morgan fingerprint density at radius 2 is 2.21 bits per heavy atom. The van der Waals surface area contributed by atoms with Crippen molar-refractivity contribution >= 4 is 21.8 Å². The topological polar surface area (TPSA) is 73.6 Å². The summed E-state index contributed by atoms with van der Waals surface area (Å²) in [6.45, 7) is 3.34. The maximum Gasteiger partial charge on any atom is 0.221 e. The minimum Gasteiger partial charge on any atom is -0.486 e. The molecule has 104 valence electrons. The van der Waals surface area contributed by atoms with Crippen LogP contribution in [0.15, 0.2) is 16.6 Å². The highest BCUT2D eigenvalue weighted by Crippen LogP contribution is 2.38. The zero-order chi connectivity index (χ0) is 13.8. The van der Waals surface area contributed by atoms with Gasteiger partial charge >= 0.3 is 0 Å². The molecule has 0 aliphatic carbocycles. The van der Waals surface area contributed by atoms with Crippen LogP contribution in [0.4, 0.5) is 0 Å². The average molecular weight is 329 g/mol. The number of rotatable bonds is 4. The lowest BCUT2D eigenvalue weighted by Gasteiger charge is -2.20. The summed E-state index contributed by atoms with van der Waals surface area (Å²) in [5, 5.41) is 2.83. The van der Waals surface area contributed by atoms with E-state index in [1.54, 1.807) is 6.92 Å².